The van der Waals surface area contributed by atoms with E-state index in [2.05, 4.69) is 5.32 Å². The summed E-state index contributed by atoms with van der Waals surface area (Å²) in [6.07, 6.45) is -8.14. The summed E-state index contributed by atoms with van der Waals surface area (Å²) in [4.78, 5) is 68.2. The van der Waals surface area contributed by atoms with E-state index in [9.17, 15) is 44.4 Å². The Morgan fingerprint density at radius 1 is 0.920 bits per heavy atom. The Hall–Kier alpha value is -4.33. The summed E-state index contributed by atoms with van der Waals surface area (Å²) in [5.74, 6) is -5.51. The van der Waals surface area contributed by atoms with Gasteiger partial charge in [-0.25, -0.2) is 9.59 Å². The van der Waals surface area contributed by atoms with Gasteiger partial charge in [0.1, 0.15) is 35.1 Å². The van der Waals surface area contributed by atoms with Gasteiger partial charge in [0.05, 0.1) is 48.1 Å². The number of esters is 1. The first-order valence-corrected chi connectivity index (χ1v) is 26.0. The maximum Gasteiger partial charge on any atom is 0.407 e. The summed E-state index contributed by atoms with van der Waals surface area (Å²) in [5.41, 5.74) is -4.01. The van der Waals surface area contributed by atoms with E-state index in [1.807, 2.05) is 32.0 Å². The van der Waals surface area contributed by atoms with E-state index >= 15 is 0 Å². The summed E-state index contributed by atoms with van der Waals surface area (Å²) in [6, 6.07) is 5.04. The molecular formula is C53H82N4O18. The fourth-order valence-electron chi connectivity index (χ4n) is 11.3. The van der Waals surface area contributed by atoms with Gasteiger partial charge in [-0.05, 0) is 105 Å². The molecule has 0 radical (unpaired) electrons. The van der Waals surface area contributed by atoms with Crippen LogP contribution < -0.4 is 15.8 Å². The number of nitrogens with zero attached hydrogens (tertiary/aromatic N) is 3. The molecule has 17 atom stereocenters. The molecule has 6 rings (SSSR count). The quantitative estimate of drug-likeness (QED) is 0.113. The van der Waals surface area contributed by atoms with Crippen molar-refractivity contribution in [3.63, 3.8) is 0 Å². The Labute approximate surface area is 439 Å². The summed E-state index contributed by atoms with van der Waals surface area (Å²) in [7, 11) is 10.1. The number of likely N-dealkylation sites (N-methyl/N-ethyl adjacent to an activating group) is 1. The second kappa shape index (κ2) is 24.6. The number of amides is 1. The number of pyridine rings is 1. The highest BCUT2D eigenvalue weighted by atomic mass is 16.7. The van der Waals surface area contributed by atoms with Crippen molar-refractivity contribution >= 4 is 34.7 Å². The lowest BCUT2D eigenvalue weighted by Crippen LogP contribution is -2.64. The van der Waals surface area contributed by atoms with Crippen LogP contribution in [0.1, 0.15) is 103 Å². The van der Waals surface area contributed by atoms with Crippen LogP contribution in [0.2, 0.25) is 0 Å². The minimum atomic E-state index is -2.01. The lowest BCUT2D eigenvalue weighted by atomic mass is 9.69. The third-order valence-corrected chi connectivity index (χ3v) is 16.0. The maximum absolute atomic E-state index is 14.3. The van der Waals surface area contributed by atoms with Crippen molar-refractivity contribution in [1.82, 2.24) is 14.9 Å². The smallest absolute Gasteiger partial charge is 0.407 e. The number of ketones is 1. The SMILES string of the molecule is CO[C@]1(C)C[C@@H](C)C(=O)[C@@H](O)[C@@]2(O)CC[C@H]2OC(=O)[C@H](C)[C@@H](O[C@H]2C[C@@](C)(OC)[C@@H](OC(=O)NCCOCCCc3ccc4c(c3)c(=O)c(C(=O)O)cn4N(C)C)[C@H](C)O2)[C@H](C)[C@H]1O[C@@H]1O[C@H](C)C[C@H](N(C)C)[C@H]1O. The average molecular weight is 1060 g/mol. The monoisotopic (exact) mass is 1060 g/mol. The van der Waals surface area contributed by atoms with Gasteiger partial charge in [-0.15, -0.1) is 0 Å². The molecule has 2 aromatic rings. The minimum Gasteiger partial charge on any atom is -0.477 e. The van der Waals surface area contributed by atoms with Crippen LogP contribution in [0, 0.1) is 17.8 Å². The molecule has 422 valence electrons. The predicted molar refractivity (Wildman–Crippen MR) is 272 cm³/mol. The van der Waals surface area contributed by atoms with Crippen LogP contribution in [0.5, 0.6) is 0 Å². The number of carbonyl (C=O) groups is 4. The molecule has 1 aromatic heterocycles. The highest BCUT2D eigenvalue weighted by molar-refractivity contribution is 5.93. The third-order valence-electron chi connectivity index (χ3n) is 16.0. The zero-order chi connectivity index (χ0) is 55.5. The van der Waals surface area contributed by atoms with Crippen LogP contribution in [0.25, 0.3) is 10.9 Å². The topological polar surface area (TPSA) is 273 Å². The Bertz CT molecular complexity index is 2390. The van der Waals surface area contributed by atoms with Crippen molar-refractivity contribution in [2.24, 2.45) is 17.8 Å². The number of aliphatic hydroxyl groups is 3. The number of carboxylic acids is 1. The summed E-state index contributed by atoms with van der Waals surface area (Å²) < 4.78 is 58.0. The van der Waals surface area contributed by atoms with Gasteiger partial charge in [0.15, 0.2) is 24.5 Å². The zero-order valence-corrected chi connectivity index (χ0v) is 45.8. The molecule has 3 aliphatic heterocycles. The number of aliphatic hydroxyl groups excluding tert-OH is 2. The number of aryl methyl sites for hydroxylation is 1. The van der Waals surface area contributed by atoms with E-state index in [1.54, 1.807) is 77.5 Å². The number of carbonyl (C=O) groups excluding carboxylic acids is 3. The molecule has 22 heteroatoms. The number of Topliss-reactive ketones (excluding diaryl/α,β-unsaturated/α-hetero) is 1. The highest BCUT2D eigenvalue weighted by Crippen LogP contribution is 2.44. The number of aromatic carboxylic acids is 1. The van der Waals surface area contributed by atoms with Gasteiger partial charge in [0.2, 0.25) is 5.43 Å². The van der Waals surface area contributed by atoms with Crippen LogP contribution in [-0.4, -0.2) is 200 Å². The largest absolute Gasteiger partial charge is 0.477 e. The second-order valence-electron chi connectivity index (χ2n) is 21.9. The molecule has 1 amide bonds. The summed E-state index contributed by atoms with van der Waals surface area (Å²) >= 11 is 0. The van der Waals surface area contributed by atoms with E-state index < -0.39 is 119 Å². The molecule has 1 aromatic carbocycles. The maximum atomic E-state index is 14.3. The van der Waals surface area contributed by atoms with E-state index in [0.29, 0.717) is 36.8 Å². The molecule has 0 bridgehead atoms. The number of alkyl carbamates (subject to hydrolysis) is 1. The number of methoxy groups -OCH3 is 2. The number of benzene rings is 1. The van der Waals surface area contributed by atoms with Gasteiger partial charge in [0.25, 0.3) is 0 Å². The van der Waals surface area contributed by atoms with Crippen LogP contribution in [0.3, 0.4) is 0 Å². The first-order chi connectivity index (χ1) is 35.2. The summed E-state index contributed by atoms with van der Waals surface area (Å²) in [5, 5.41) is 49.0. The van der Waals surface area contributed by atoms with E-state index in [0.717, 1.165) is 5.56 Å². The number of hydrogen-bond donors (Lipinski definition) is 5. The van der Waals surface area contributed by atoms with Crippen LogP contribution in [0.4, 0.5) is 4.79 Å². The Balaban J connectivity index is 1.13. The molecule has 5 N–H and O–H groups in total. The second-order valence-corrected chi connectivity index (χ2v) is 21.9. The molecule has 4 heterocycles. The van der Waals surface area contributed by atoms with Crippen molar-refractivity contribution in [3.8, 4) is 0 Å². The number of ether oxygens (including phenoxy) is 9. The van der Waals surface area contributed by atoms with Crippen molar-refractivity contribution in [1.29, 1.82) is 0 Å². The molecular weight excluding hydrogens is 981 g/mol. The van der Waals surface area contributed by atoms with Crippen molar-refractivity contribution in [2.45, 2.75) is 178 Å². The zero-order valence-electron chi connectivity index (χ0n) is 45.8. The van der Waals surface area contributed by atoms with E-state index in [4.69, 9.17) is 42.6 Å². The Morgan fingerprint density at radius 3 is 2.21 bits per heavy atom. The van der Waals surface area contributed by atoms with Crippen LogP contribution in [-0.2, 0) is 58.6 Å². The molecule has 22 nitrogen and oxygen atoms in total. The highest BCUT2D eigenvalue weighted by Gasteiger charge is 2.59. The Kier molecular flexibility index (Phi) is 19.6. The normalized spacial score (nSPS) is 36.8. The van der Waals surface area contributed by atoms with Crippen molar-refractivity contribution in [2.75, 3.05) is 67.2 Å². The van der Waals surface area contributed by atoms with Gasteiger partial charge < -0.3 is 78.3 Å². The van der Waals surface area contributed by atoms with Gasteiger partial charge in [-0.3, -0.25) is 19.1 Å². The van der Waals surface area contributed by atoms with Crippen molar-refractivity contribution < 1.29 is 82.2 Å². The molecule has 1 aliphatic carbocycles. The standard InChI is InChI=1S/C53H82N4O18/c1-28-25-51(6,67-12)45(74-49-42(60)37(55(8)9)23-29(2)70-49)30(3)43(31(4)48(64)72-38-18-19-53(38,66)44(61)40(28)58)73-39-26-52(7,68-13)46(32(5)71-39)75-50(65)54-20-22-69-21-14-15-33-16-17-36-34(24-33)41(59)35(47(62)63)27-57(36)56(10)11/h16-17,24,27-32,37-39,42-46,49,60-61,66H,14-15,18-23,25-26H2,1-13H3,(H,54,65)(H,62,63)/t28-,29-,30+,31-,32+,37+,38-,39+,42-,43+,44-,45-,46+,49+,51-,52-,53-/m1/s1. The van der Waals surface area contributed by atoms with Gasteiger partial charge >= 0.3 is 18.0 Å². The lowest BCUT2D eigenvalue weighted by molar-refractivity contribution is -0.318. The van der Waals surface area contributed by atoms with Crippen LogP contribution >= 0.6 is 0 Å². The number of nitrogens with one attached hydrogen (secondary N) is 1. The third kappa shape index (κ3) is 13.0. The molecule has 1 saturated carbocycles. The molecule has 0 spiro atoms. The Morgan fingerprint density at radius 2 is 1.60 bits per heavy atom. The number of hydrogen-bond acceptors (Lipinski definition) is 19. The molecule has 75 heavy (non-hydrogen) atoms. The lowest BCUT2D eigenvalue weighted by Gasteiger charge is -2.49. The number of rotatable bonds is 17. The number of aromatic nitrogens is 1. The van der Waals surface area contributed by atoms with E-state index in [1.165, 1.54) is 20.4 Å². The average Bonchev–Trinajstić information content (AvgIpc) is 3.36. The fraction of sp³-hybridized carbons (Fsp3) is 0.755. The molecule has 3 saturated heterocycles. The van der Waals surface area contributed by atoms with Crippen molar-refractivity contribution in [3.05, 3.63) is 45.7 Å². The predicted octanol–water partition coefficient (Wildman–Crippen LogP) is 2.76. The number of carboxylic acid groups (broad SMARTS) is 1. The van der Waals surface area contributed by atoms with Gasteiger partial charge in [-0.1, -0.05) is 19.9 Å². The first kappa shape index (κ1) is 59.9. The van der Waals surface area contributed by atoms with Crippen LogP contribution in [0.15, 0.2) is 29.2 Å². The first-order valence-electron chi connectivity index (χ1n) is 26.0. The molecule has 4 aliphatic rings. The minimum absolute atomic E-state index is 0.0133. The van der Waals surface area contributed by atoms with Gasteiger partial charge in [0, 0.05) is 77.3 Å². The van der Waals surface area contributed by atoms with E-state index in [-0.39, 0.29) is 56.5 Å². The van der Waals surface area contributed by atoms with Gasteiger partial charge in [-0.2, -0.15) is 0 Å². The number of fused-ring (bicyclic) bond motifs is 2. The summed E-state index contributed by atoms with van der Waals surface area (Å²) in [6.45, 7) is 12.7. The molecule has 4 fully saturated rings. The fourth-order valence-corrected chi connectivity index (χ4v) is 11.3. The molecule has 0 unspecified atom stereocenters.